The van der Waals surface area contributed by atoms with E-state index in [0.717, 1.165) is 43.0 Å². The molecule has 24 heavy (non-hydrogen) atoms. The fraction of sp³-hybridized carbons (Fsp3) is 0.500. The Morgan fingerprint density at radius 3 is 2.67 bits per heavy atom. The van der Waals surface area contributed by atoms with E-state index < -0.39 is 0 Å². The highest BCUT2D eigenvalue weighted by Gasteiger charge is 2.25. The minimum atomic E-state index is -0.0767. The fourth-order valence-corrected chi connectivity index (χ4v) is 3.99. The molecule has 0 atom stereocenters. The molecule has 0 radical (unpaired) electrons. The maximum atomic E-state index is 12.7. The first-order valence-electron chi connectivity index (χ1n) is 8.63. The molecule has 1 aliphatic heterocycles. The number of anilines is 1. The van der Waals surface area contributed by atoms with Crippen molar-refractivity contribution in [2.24, 2.45) is 0 Å². The quantitative estimate of drug-likeness (QED) is 0.913. The molecule has 126 valence electrons. The molecule has 2 fully saturated rings. The number of nitrogens with zero attached hydrogens (tertiary/aromatic N) is 2. The monoisotopic (exact) mass is 343 g/mol. The van der Waals surface area contributed by atoms with Crippen molar-refractivity contribution in [1.82, 2.24) is 9.36 Å². The van der Waals surface area contributed by atoms with E-state index in [9.17, 15) is 4.79 Å². The highest BCUT2D eigenvalue weighted by molar-refractivity contribution is 7.09. The van der Waals surface area contributed by atoms with E-state index in [2.05, 4.69) is 20.7 Å². The van der Waals surface area contributed by atoms with Gasteiger partial charge in [-0.3, -0.25) is 10.1 Å². The van der Waals surface area contributed by atoms with Crippen molar-refractivity contribution < 1.29 is 9.53 Å². The van der Waals surface area contributed by atoms with E-state index in [4.69, 9.17) is 4.74 Å². The van der Waals surface area contributed by atoms with Gasteiger partial charge in [0, 0.05) is 36.2 Å². The predicted octanol–water partition coefficient (Wildman–Crippen LogP) is 3.95. The zero-order valence-electron chi connectivity index (χ0n) is 13.5. The second-order valence-electron chi connectivity index (χ2n) is 6.51. The molecule has 1 aromatic carbocycles. The van der Waals surface area contributed by atoms with Crippen LogP contribution < -0.4 is 5.32 Å². The number of aromatic nitrogens is 2. The zero-order chi connectivity index (χ0) is 16.4. The molecule has 2 aromatic rings. The first-order chi connectivity index (χ1) is 11.8. The van der Waals surface area contributed by atoms with Gasteiger partial charge in [-0.25, -0.2) is 4.98 Å². The lowest BCUT2D eigenvalue weighted by Crippen LogP contribution is -2.18. The standard InChI is InChI=1S/C18H21N3O2S/c22-17(15-7-2-1-6-14(15)12-4-3-5-12)20-18-19-16(21-24-18)13-8-10-23-11-9-13/h1-2,6-7,12-13H,3-5,8-11H2,(H,19,20,21,22). The maximum absolute atomic E-state index is 12.7. The summed E-state index contributed by atoms with van der Waals surface area (Å²) in [5.74, 6) is 1.64. The summed E-state index contributed by atoms with van der Waals surface area (Å²) in [4.78, 5) is 17.2. The molecule has 1 N–H and O–H groups in total. The average molecular weight is 343 g/mol. The molecule has 5 nitrogen and oxygen atoms in total. The molecule has 1 saturated carbocycles. The number of benzene rings is 1. The van der Waals surface area contributed by atoms with Gasteiger partial charge in [-0.15, -0.1) is 0 Å². The Hall–Kier alpha value is -1.79. The molecule has 0 spiro atoms. The zero-order valence-corrected chi connectivity index (χ0v) is 14.3. The molecule has 2 heterocycles. The Balaban J connectivity index is 1.47. The largest absolute Gasteiger partial charge is 0.381 e. The van der Waals surface area contributed by atoms with Gasteiger partial charge in [0.2, 0.25) is 5.13 Å². The second-order valence-corrected chi connectivity index (χ2v) is 7.27. The number of hydrogen-bond donors (Lipinski definition) is 1. The van der Waals surface area contributed by atoms with E-state index in [1.54, 1.807) is 0 Å². The normalized spacial score (nSPS) is 19.0. The van der Waals surface area contributed by atoms with Gasteiger partial charge in [0.1, 0.15) is 5.82 Å². The molecule has 1 amide bonds. The Morgan fingerprint density at radius 1 is 1.12 bits per heavy atom. The Morgan fingerprint density at radius 2 is 1.92 bits per heavy atom. The van der Waals surface area contributed by atoms with E-state index >= 15 is 0 Å². The second kappa shape index (κ2) is 6.99. The van der Waals surface area contributed by atoms with Crippen LogP contribution in [0.15, 0.2) is 24.3 Å². The third-order valence-electron chi connectivity index (χ3n) is 5.00. The molecule has 2 aliphatic rings. The third kappa shape index (κ3) is 3.21. The van der Waals surface area contributed by atoms with Crippen LogP contribution in [0.4, 0.5) is 5.13 Å². The summed E-state index contributed by atoms with van der Waals surface area (Å²) in [6.07, 6.45) is 5.52. The van der Waals surface area contributed by atoms with Crippen LogP contribution in [-0.2, 0) is 4.74 Å². The lowest BCUT2D eigenvalue weighted by Gasteiger charge is -2.27. The predicted molar refractivity (Wildman–Crippen MR) is 93.7 cm³/mol. The van der Waals surface area contributed by atoms with Crippen LogP contribution >= 0.6 is 11.5 Å². The number of nitrogens with one attached hydrogen (secondary N) is 1. The fourth-order valence-electron chi connectivity index (χ4n) is 3.35. The van der Waals surface area contributed by atoms with Crippen LogP contribution in [0, 0.1) is 0 Å². The topological polar surface area (TPSA) is 64.1 Å². The summed E-state index contributed by atoms with van der Waals surface area (Å²) in [5, 5.41) is 3.52. The molecule has 1 saturated heterocycles. The molecule has 0 unspecified atom stereocenters. The van der Waals surface area contributed by atoms with Crippen LogP contribution in [0.2, 0.25) is 0 Å². The molecule has 1 aliphatic carbocycles. The van der Waals surface area contributed by atoms with Crippen LogP contribution in [-0.4, -0.2) is 28.5 Å². The van der Waals surface area contributed by atoms with Crippen molar-refractivity contribution in [2.45, 2.75) is 43.9 Å². The van der Waals surface area contributed by atoms with E-state index in [1.807, 2.05) is 18.2 Å². The molecule has 1 aromatic heterocycles. The van der Waals surface area contributed by atoms with Crippen molar-refractivity contribution in [3.8, 4) is 0 Å². The molecule has 4 rings (SSSR count). The minimum absolute atomic E-state index is 0.0767. The number of carbonyl (C=O) groups excluding carboxylic acids is 1. The van der Waals surface area contributed by atoms with Crippen molar-refractivity contribution in [3.05, 3.63) is 41.2 Å². The third-order valence-corrected chi connectivity index (χ3v) is 5.64. The number of rotatable bonds is 4. The number of hydrogen-bond acceptors (Lipinski definition) is 5. The summed E-state index contributed by atoms with van der Waals surface area (Å²) in [5.41, 5.74) is 1.93. The molecular formula is C18H21N3O2S. The molecule has 6 heteroatoms. The van der Waals surface area contributed by atoms with Gasteiger partial charge in [0.15, 0.2) is 0 Å². The van der Waals surface area contributed by atoms with Gasteiger partial charge in [-0.1, -0.05) is 24.6 Å². The minimum Gasteiger partial charge on any atom is -0.381 e. The van der Waals surface area contributed by atoms with Crippen LogP contribution in [0.1, 0.15) is 65.7 Å². The summed E-state index contributed by atoms with van der Waals surface area (Å²) >= 11 is 1.27. The number of amides is 1. The highest BCUT2D eigenvalue weighted by atomic mass is 32.1. The molecular weight excluding hydrogens is 322 g/mol. The SMILES string of the molecule is O=C(Nc1nc(C2CCOCC2)ns1)c1ccccc1C1CCC1. The van der Waals surface area contributed by atoms with Crippen molar-refractivity contribution in [3.63, 3.8) is 0 Å². The van der Waals surface area contributed by atoms with E-state index in [1.165, 1.54) is 30.8 Å². The lowest BCUT2D eigenvalue weighted by atomic mass is 9.78. The van der Waals surface area contributed by atoms with Crippen LogP contribution in [0.3, 0.4) is 0 Å². The average Bonchev–Trinajstić information content (AvgIpc) is 3.03. The summed E-state index contributed by atoms with van der Waals surface area (Å²) in [7, 11) is 0. The lowest BCUT2D eigenvalue weighted by molar-refractivity contribution is 0.0838. The first kappa shape index (κ1) is 15.7. The Labute approximate surface area is 145 Å². The maximum Gasteiger partial charge on any atom is 0.257 e. The smallest absolute Gasteiger partial charge is 0.257 e. The van der Waals surface area contributed by atoms with Gasteiger partial charge >= 0.3 is 0 Å². The van der Waals surface area contributed by atoms with Crippen LogP contribution in [0.5, 0.6) is 0 Å². The first-order valence-corrected chi connectivity index (χ1v) is 9.40. The summed E-state index contributed by atoms with van der Waals surface area (Å²) < 4.78 is 9.81. The van der Waals surface area contributed by atoms with Gasteiger partial charge in [-0.05, 0) is 43.2 Å². The number of carbonyl (C=O) groups is 1. The van der Waals surface area contributed by atoms with Gasteiger partial charge < -0.3 is 4.74 Å². The van der Waals surface area contributed by atoms with Gasteiger partial charge in [0.25, 0.3) is 5.91 Å². The van der Waals surface area contributed by atoms with Crippen molar-refractivity contribution in [2.75, 3.05) is 18.5 Å². The van der Waals surface area contributed by atoms with E-state index in [-0.39, 0.29) is 5.91 Å². The van der Waals surface area contributed by atoms with Crippen molar-refractivity contribution in [1.29, 1.82) is 0 Å². The highest BCUT2D eigenvalue weighted by Crippen LogP contribution is 2.38. The van der Waals surface area contributed by atoms with E-state index in [0.29, 0.717) is 17.0 Å². The van der Waals surface area contributed by atoms with Gasteiger partial charge in [0.05, 0.1) is 0 Å². The summed E-state index contributed by atoms with van der Waals surface area (Å²) in [6, 6.07) is 7.92. The van der Waals surface area contributed by atoms with Crippen LogP contribution in [0.25, 0.3) is 0 Å². The van der Waals surface area contributed by atoms with Gasteiger partial charge in [-0.2, -0.15) is 4.37 Å². The molecule has 0 bridgehead atoms. The van der Waals surface area contributed by atoms with Crippen molar-refractivity contribution >= 4 is 22.6 Å². The summed E-state index contributed by atoms with van der Waals surface area (Å²) in [6.45, 7) is 1.53. The number of ether oxygens (including phenoxy) is 1. The Bertz CT molecular complexity index is 721. The Kier molecular flexibility index (Phi) is 4.58.